The number of aryl methyl sites for hydroxylation is 2. The number of carbonyl (C=O) groups is 1. The lowest BCUT2D eigenvalue weighted by molar-refractivity contribution is 0.0943. The van der Waals surface area contributed by atoms with Crippen LogP contribution in [0, 0.1) is 6.92 Å². The third kappa shape index (κ3) is 2.72. The van der Waals surface area contributed by atoms with Gasteiger partial charge in [0.2, 0.25) is 5.89 Å². The molecule has 0 bridgehead atoms. The molecule has 0 fully saturated rings. The molecule has 1 amide bonds. The topological polar surface area (TPSA) is 112 Å². The van der Waals surface area contributed by atoms with Crippen molar-refractivity contribution in [2.45, 2.75) is 26.8 Å². The van der Waals surface area contributed by atoms with Crippen LogP contribution in [0.1, 0.15) is 29.0 Å². The van der Waals surface area contributed by atoms with Crippen molar-refractivity contribution in [2.75, 3.05) is 12.3 Å². The van der Waals surface area contributed by atoms with Crippen LogP contribution in [0.5, 0.6) is 0 Å². The highest BCUT2D eigenvalue weighted by Crippen LogP contribution is 2.15. The van der Waals surface area contributed by atoms with E-state index >= 15 is 0 Å². The molecule has 0 aromatic carbocycles. The monoisotopic (exact) mass is 264 g/mol. The molecule has 0 saturated carbocycles. The summed E-state index contributed by atoms with van der Waals surface area (Å²) in [6.45, 7) is 4.66. The van der Waals surface area contributed by atoms with E-state index in [-0.39, 0.29) is 5.91 Å². The van der Waals surface area contributed by atoms with E-state index in [1.54, 1.807) is 11.6 Å². The number of amides is 1. The van der Waals surface area contributed by atoms with Gasteiger partial charge in [-0.3, -0.25) is 9.48 Å². The molecule has 3 N–H and O–H groups in total. The number of nitrogens with zero attached hydrogens (tertiary/aromatic N) is 4. The first-order valence-electron chi connectivity index (χ1n) is 6.00. The van der Waals surface area contributed by atoms with Crippen LogP contribution in [0.25, 0.3) is 0 Å². The second-order valence-corrected chi connectivity index (χ2v) is 4.00. The summed E-state index contributed by atoms with van der Waals surface area (Å²) < 4.78 is 6.43. The van der Waals surface area contributed by atoms with Gasteiger partial charge in [0.25, 0.3) is 5.91 Å². The highest BCUT2D eigenvalue weighted by Gasteiger charge is 2.18. The van der Waals surface area contributed by atoms with Crippen LogP contribution in [0.4, 0.5) is 5.69 Å². The Morgan fingerprint density at radius 1 is 1.58 bits per heavy atom. The minimum Gasteiger partial charge on any atom is -0.395 e. The molecular formula is C11H16N6O2. The van der Waals surface area contributed by atoms with Crippen LogP contribution >= 0.6 is 0 Å². The number of nitrogens with one attached hydrogen (secondary N) is 1. The predicted octanol–water partition coefficient (Wildman–Crippen LogP) is 0.149. The summed E-state index contributed by atoms with van der Waals surface area (Å²) in [5, 5.41) is 10.4. The van der Waals surface area contributed by atoms with Crippen LogP contribution in [-0.4, -0.2) is 32.4 Å². The SMILES string of the molecule is CCn1nc(C)c(N)c1C(=O)NCCc1ncno1. The van der Waals surface area contributed by atoms with Crippen molar-refractivity contribution in [3.8, 4) is 0 Å². The second kappa shape index (κ2) is 5.51. The van der Waals surface area contributed by atoms with Gasteiger partial charge in [-0.2, -0.15) is 10.1 Å². The van der Waals surface area contributed by atoms with E-state index in [0.717, 1.165) is 0 Å². The Morgan fingerprint density at radius 3 is 3.00 bits per heavy atom. The highest BCUT2D eigenvalue weighted by atomic mass is 16.5. The minimum absolute atomic E-state index is 0.250. The lowest BCUT2D eigenvalue weighted by atomic mass is 10.3. The number of carbonyl (C=O) groups excluding carboxylic acids is 1. The van der Waals surface area contributed by atoms with Gasteiger partial charge in [0.1, 0.15) is 5.69 Å². The number of hydrogen-bond donors (Lipinski definition) is 2. The highest BCUT2D eigenvalue weighted by molar-refractivity contribution is 5.97. The average Bonchev–Trinajstić information content (AvgIpc) is 2.99. The smallest absolute Gasteiger partial charge is 0.271 e. The third-order valence-electron chi connectivity index (χ3n) is 2.72. The van der Waals surface area contributed by atoms with Crippen molar-refractivity contribution in [1.82, 2.24) is 25.2 Å². The fourth-order valence-corrected chi connectivity index (χ4v) is 1.74. The van der Waals surface area contributed by atoms with E-state index in [9.17, 15) is 4.79 Å². The van der Waals surface area contributed by atoms with Gasteiger partial charge in [-0.15, -0.1) is 0 Å². The fraction of sp³-hybridized carbons (Fsp3) is 0.455. The van der Waals surface area contributed by atoms with Gasteiger partial charge in [-0.05, 0) is 13.8 Å². The molecule has 0 aliphatic heterocycles. The van der Waals surface area contributed by atoms with Gasteiger partial charge in [0.05, 0.1) is 11.4 Å². The van der Waals surface area contributed by atoms with Crippen LogP contribution in [0.2, 0.25) is 0 Å². The number of aromatic nitrogens is 4. The van der Waals surface area contributed by atoms with Crippen molar-refractivity contribution >= 4 is 11.6 Å². The summed E-state index contributed by atoms with van der Waals surface area (Å²) >= 11 is 0. The molecular weight excluding hydrogens is 248 g/mol. The Kier molecular flexibility index (Phi) is 3.79. The minimum atomic E-state index is -0.250. The molecule has 0 aliphatic carbocycles. The van der Waals surface area contributed by atoms with Crippen molar-refractivity contribution < 1.29 is 9.32 Å². The zero-order chi connectivity index (χ0) is 13.8. The van der Waals surface area contributed by atoms with Gasteiger partial charge >= 0.3 is 0 Å². The zero-order valence-electron chi connectivity index (χ0n) is 10.9. The Morgan fingerprint density at radius 2 is 2.37 bits per heavy atom. The van der Waals surface area contributed by atoms with Gasteiger partial charge in [0.15, 0.2) is 6.33 Å². The Hall–Kier alpha value is -2.38. The molecule has 0 spiro atoms. The van der Waals surface area contributed by atoms with Crippen LogP contribution in [0.15, 0.2) is 10.9 Å². The van der Waals surface area contributed by atoms with E-state index < -0.39 is 0 Å². The van der Waals surface area contributed by atoms with E-state index in [1.807, 2.05) is 6.92 Å². The van der Waals surface area contributed by atoms with Gasteiger partial charge in [0, 0.05) is 19.5 Å². The molecule has 19 heavy (non-hydrogen) atoms. The van der Waals surface area contributed by atoms with E-state index in [2.05, 4.69) is 20.6 Å². The largest absolute Gasteiger partial charge is 0.395 e. The summed E-state index contributed by atoms with van der Waals surface area (Å²) in [5.41, 5.74) is 7.33. The van der Waals surface area contributed by atoms with Gasteiger partial charge < -0.3 is 15.6 Å². The Labute approximate surface area is 110 Å². The summed E-state index contributed by atoms with van der Waals surface area (Å²) in [5.74, 6) is 0.230. The van der Waals surface area contributed by atoms with Crippen molar-refractivity contribution in [2.24, 2.45) is 0 Å². The maximum Gasteiger partial charge on any atom is 0.271 e. The standard InChI is InChI=1S/C11H16N6O2/c1-3-17-10(9(12)7(2)16-17)11(18)13-5-4-8-14-6-15-19-8/h6H,3-5,12H2,1-2H3,(H,13,18). The molecule has 0 saturated heterocycles. The first-order chi connectivity index (χ1) is 9.13. The van der Waals surface area contributed by atoms with Gasteiger partial charge in [-0.25, -0.2) is 0 Å². The number of rotatable bonds is 5. The average molecular weight is 264 g/mol. The first-order valence-corrected chi connectivity index (χ1v) is 6.00. The number of nitrogens with two attached hydrogens (primary N) is 1. The Balaban J connectivity index is 2.00. The molecule has 0 radical (unpaired) electrons. The second-order valence-electron chi connectivity index (χ2n) is 4.00. The molecule has 2 heterocycles. The van der Waals surface area contributed by atoms with Crippen LogP contribution in [-0.2, 0) is 13.0 Å². The maximum absolute atomic E-state index is 12.1. The first kappa shape index (κ1) is 13.1. The Bertz CT molecular complexity index is 560. The number of nitrogen functional groups attached to an aromatic ring is 1. The van der Waals surface area contributed by atoms with E-state index in [4.69, 9.17) is 10.3 Å². The molecule has 0 atom stereocenters. The van der Waals surface area contributed by atoms with Crippen LogP contribution in [0.3, 0.4) is 0 Å². The lowest BCUT2D eigenvalue weighted by Crippen LogP contribution is -2.28. The van der Waals surface area contributed by atoms with E-state index in [1.165, 1.54) is 6.33 Å². The molecule has 0 unspecified atom stereocenters. The molecule has 8 heteroatoms. The molecule has 2 aromatic rings. The number of hydrogen-bond acceptors (Lipinski definition) is 6. The van der Waals surface area contributed by atoms with Crippen molar-refractivity contribution in [3.63, 3.8) is 0 Å². The summed E-state index contributed by atoms with van der Waals surface area (Å²) in [7, 11) is 0. The predicted molar refractivity (Wildman–Crippen MR) is 67.4 cm³/mol. The molecule has 102 valence electrons. The normalized spacial score (nSPS) is 10.6. The molecule has 2 rings (SSSR count). The third-order valence-corrected chi connectivity index (χ3v) is 2.72. The maximum atomic E-state index is 12.1. The number of anilines is 1. The van der Waals surface area contributed by atoms with E-state index in [0.29, 0.717) is 42.5 Å². The van der Waals surface area contributed by atoms with Crippen LogP contribution < -0.4 is 11.1 Å². The van der Waals surface area contributed by atoms with Gasteiger partial charge in [-0.1, -0.05) is 5.16 Å². The zero-order valence-corrected chi connectivity index (χ0v) is 10.9. The summed E-state index contributed by atoms with van der Waals surface area (Å²) in [6.07, 6.45) is 1.80. The molecule has 0 aliphatic rings. The fourth-order valence-electron chi connectivity index (χ4n) is 1.74. The van der Waals surface area contributed by atoms with Crippen molar-refractivity contribution in [1.29, 1.82) is 0 Å². The quantitative estimate of drug-likeness (QED) is 0.795. The summed E-state index contributed by atoms with van der Waals surface area (Å²) in [6, 6.07) is 0. The molecule has 8 nitrogen and oxygen atoms in total. The van der Waals surface area contributed by atoms with Crippen molar-refractivity contribution in [3.05, 3.63) is 23.6 Å². The lowest BCUT2D eigenvalue weighted by Gasteiger charge is -2.06. The molecule has 2 aromatic heterocycles. The summed E-state index contributed by atoms with van der Waals surface area (Å²) in [4.78, 5) is 15.9.